The summed E-state index contributed by atoms with van der Waals surface area (Å²) >= 11 is 0. The summed E-state index contributed by atoms with van der Waals surface area (Å²) in [4.78, 5) is 10.7. The first kappa shape index (κ1) is 9.95. The van der Waals surface area contributed by atoms with Gasteiger partial charge >= 0.3 is 0 Å². The van der Waals surface area contributed by atoms with E-state index < -0.39 is 0 Å². The van der Waals surface area contributed by atoms with Crippen LogP contribution in [0.5, 0.6) is 0 Å². The minimum Gasteiger partial charge on any atom is -0.359 e. The molecule has 0 aliphatic heterocycles. The third kappa shape index (κ3) is 5.40. The van der Waals surface area contributed by atoms with Gasteiger partial charge < -0.3 is 5.32 Å². The van der Waals surface area contributed by atoms with Crippen LogP contribution in [-0.4, -0.2) is 13.0 Å². The Labute approximate surface area is 68.0 Å². The summed E-state index contributed by atoms with van der Waals surface area (Å²) in [6.07, 6.45) is 5.11. The first-order valence-corrected chi connectivity index (χ1v) is 3.71. The molecule has 0 saturated heterocycles. The molecular weight excluding hydrogens is 138 g/mol. The molecule has 0 unspecified atom stereocenters. The van der Waals surface area contributed by atoms with E-state index in [0.29, 0.717) is 6.42 Å². The predicted octanol–water partition coefficient (Wildman–Crippen LogP) is 1.64. The molecule has 0 aromatic rings. The van der Waals surface area contributed by atoms with Gasteiger partial charge in [-0.15, -0.1) is 0 Å². The zero-order valence-corrected chi connectivity index (χ0v) is 7.18. The van der Waals surface area contributed by atoms with E-state index in [0.717, 1.165) is 12.0 Å². The normalized spacial score (nSPS) is 10.0. The van der Waals surface area contributed by atoms with Crippen molar-refractivity contribution in [3.63, 3.8) is 0 Å². The third-order valence-electron chi connectivity index (χ3n) is 1.35. The van der Waals surface area contributed by atoms with Gasteiger partial charge in [0.15, 0.2) is 0 Å². The molecule has 0 rings (SSSR count). The quantitative estimate of drug-likeness (QED) is 0.611. The highest BCUT2D eigenvalue weighted by Crippen LogP contribution is 2.02. The molecular formula is C9H15NO. The highest BCUT2D eigenvalue weighted by atomic mass is 16.1. The second-order valence-corrected chi connectivity index (χ2v) is 2.33. The maximum atomic E-state index is 10.7. The van der Waals surface area contributed by atoms with Gasteiger partial charge in [-0.25, -0.2) is 0 Å². The zero-order valence-electron chi connectivity index (χ0n) is 7.18. The fraction of sp³-hybridized carbons (Fsp3) is 0.444. The van der Waals surface area contributed by atoms with Gasteiger partial charge in [0, 0.05) is 13.5 Å². The van der Waals surface area contributed by atoms with Gasteiger partial charge in [-0.05, 0) is 13.3 Å². The number of nitrogens with one attached hydrogen (secondary N) is 1. The van der Waals surface area contributed by atoms with E-state index in [1.807, 2.05) is 19.1 Å². The Balaban J connectivity index is 3.54. The molecule has 0 atom stereocenters. The fourth-order valence-corrected chi connectivity index (χ4v) is 0.718. The Bertz CT molecular complexity index is 170. The Morgan fingerprint density at radius 3 is 2.64 bits per heavy atom. The number of allylic oxidation sites excluding steroid dienone is 3. The second kappa shape index (κ2) is 5.71. The predicted molar refractivity (Wildman–Crippen MR) is 47.3 cm³/mol. The molecule has 11 heavy (non-hydrogen) atoms. The molecule has 0 aromatic carbocycles. The highest BCUT2D eigenvalue weighted by Gasteiger charge is 1.96. The molecule has 1 N–H and O–H groups in total. The topological polar surface area (TPSA) is 29.1 Å². The molecule has 1 amide bonds. The Morgan fingerprint density at radius 1 is 1.55 bits per heavy atom. The summed E-state index contributed by atoms with van der Waals surface area (Å²) in [6, 6.07) is 0. The average Bonchev–Trinajstić information content (AvgIpc) is 2.01. The largest absolute Gasteiger partial charge is 0.359 e. The summed E-state index contributed by atoms with van der Waals surface area (Å²) in [7, 11) is 1.64. The monoisotopic (exact) mass is 153 g/mol. The third-order valence-corrected chi connectivity index (χ3v) is 1.35. The molecule has 0 heterocycles. The number of carbonyl (C=O) groups is 1. The summed E-state index contributed by atoms with van der Waals surface area (Å²) in [6.45, 7) is 5.72. The van der Waals surface area contributed by atoms with Gasteiger partial charge in [0.1, 0.15) is 0 Å². The first-order chi connectivity index (χ1) is 5.20. The Hall–Kier alpha value is -1.05. The lowest BCUT2D eigenvalue weighted by atomic mass is 10.1. The van der Waals surface area contributed by atoms with E-state index in [1.165, 1.54) is 0 Å². The van der Waals surface area contributed by atoms with Crippen LogP contribution in [-0.2, 0) is 4.79 Å². The van der Waals surface area contributed by atoms with Crippen molar-refractivity contribution in [3.8, 4) is 0 Å². The summed E-state index contributed by atoms with van der Waals surface area (Å²) in [5.74, 6) is 0.0654. The molecule has 0 radical (unpaired) electrons. The van der Waals surface area contributed by atoms with E-state index >= 15 is 0 Å². The van der Waals surface area contributed by atoms with Gasteiger partial charge in [-0.3, -0.25) is 4.79 Å². The van der Waals surface area contributed by atoms with Crippen LogP contribution in [0.15, 0.2) is 24.3 Å². The molecule has 2 nitrogen and oxygen atoms in total. The van der Waals surface area contributed by atoms with Crippen LogP contribution in [0.2, 0.25) is 0 Å². The molecule has 0 bridgehead atoms. The highest BCUT2D eigenvalue weighted by molar-refractivity contribution is 5.75. The van der Waals surface area contributed by atoms with Gasteiger partial charge in [0.2, 0.25) is 5.91 Å². The number of rotatable bonds is 4. The van der Waals surface area contributed by atoms with Crippen molar-refractivity contribution >= 4 is 5.91 Å². The molecule has 0 saturated carbocycles. The van der Waals surface area contributed by atoms with Crippen LogP contribution < -0.4 is 5.32 Å². The van der Waals surface area contributed by atoms with Crippen molar-refractivity contribution in [2.75, 3.05) is 7.05 Å². The molecule has 0 fully saturated rings. The van der Waals surface area contributed by atoms with Crippen LogP contribution in [0.4, 0.5) is 0 Å². The van der Waals surface area contributed by atoms with E-state index in [2.05, 4.69) is 11.9 Å². The number of hydrogen-bond donors (Lipinski definition) is 1. The van der Waals surface area contributed by atoms with Crippen molar-refractivity contribution in [2.24, 2.45) is 0 Å². The van der Waals surface area contributed by atoms with Gasteiger partial charge in [0.25, 0.3) is 0 Å². The molecule has 0 aliphatic carbocycles. The minimum atomic E-state index is 0.0654. The zero-order chi connectivity index (χ0) is 8.69. The fourth-order valence-electron chi connectivity index (χ4n) is 0.718. The molecule has 2 heteroatoms. The Morgan fingerprint density at radius 2 is 2.18 bits per heavy atom. The smallest absolute Gasteiger partial charge is 0.220 e. The minimum absolute atomic E-state index is 0.0654. The van der Waals surface area contributed by atoms with Crippen LogP contribution in [0, 0.1) is 0 Å². The van der Waals surface area contributed by atoms with Crippen LogP contribution in [0.1, 0.15) is 19.8 Å². The molecule has 0 aromatic heterocycles. The van der Waals surface area contributed by atoms with Gasteiger partial charge in [-0.2, -0.15) is 0 Å². The van der Waals surface area contributed by atoms with Crippen LogP contribution in [0.3, 0.4) is 0 Å². The van der Waals surface area contributed by atoms with E-state index in [4.69, 9.17) is 0 Å². The van der Waals surface area contributed by atoms with E-state index in [9.17, 15) is 4.79 Å². The second-order valence-electron chi connectivity index (χ2n) is 2.33. The van der Waals surface area contributed by atoms with Gasteiger partial charge in [-0.1, -0.05) is 24.3 Å². The average molecular weight is 153 g/mol. The summed E-state index contributed by atoms with van der Waals surface area (Å²) in [5.41, 5.74) is 0.996. The molecule has 62 valence electrons. The lowest BCUT2D eigenvalue weighted by Crippen LogP contribution is -2.16. The lowest BCUT2D eigenvalue weighted by Gasteiger charge is -1.98. The van der Waals surface area contributed by atoms with Crippen molar-refractivity contribution in [2.45, 2.75) is 19.8 Å². The summed E-state index contributed by atoms with van der Waals surface area (Å²) in [5, 5.41) is 2.56. The van der Waals surface area contributed by atoms with E-state index in [-0.39, 0.29) is 5.91 Å². The first-order valence-electron chi connectivity index (χ1n) is 3.71. The van der Waals surface area contributed by atoms with E-state index in [1.54, 1.807) is 7.05 Å². The standard InChI is InChI=1S/C9H15NO/c1-4-5-8(2)6-7-9(11)10-3/h4-5H,2,6-7H2,1,3H3,(H,10,11)/b5-4-. The maximum absolute atomic E-state index is 10.7. The van der Waals surface area contributed by atoms with Crippen LogP contribution in [0.25, 0.3) is 0 Å². The summed E-state index contributed by atoms with van der Waals surface area (Å²) < 4.78 is 0. The molecule has 0 spiro atoms. The number of hydrogen-bond acceptors (Lipinski definition) is 1. The van der Waals surface area contributed by atoms with Crippen LogP contribution >= 0.6 is 0 Å². The number of carbonyl (C=O) groups excluding carboxylic acids is 1. The van der Waals surface area contributed by atoms with Crippen molar-refractivity contribution < 1.29 is 4.79 Å². The van der Waals surface area contributed by atoms with Gasteiger partial charge in [0.05, 0.1) is 0 Å². The SMILES string of the molecule is C=C(/C=C\C)CCC(=O)NC. The lowest BCUT2D eigenvalue weighted by molar-refractivity contribution is -0.120. The Kier molecular flexibility index (Phi) is 5.17. The van der Waals surface area contributed by atoms with Crippen molar-refractivity contribution in [1.82, 2.24) is 5.32 Å². The maximum Gasteiger partial charge on any atom is 0.220 e. The van der Waals surface area contributed by atoms with Crippen molar-refractivity contribution in [1.29, 1.82) is 0 Å². The van der Waals surface area contributed by atoms with Crippen molar-refractivity contribution in [3.05, 3.63) is 24.3 Å². The molecule has 0 aliphatic rings. The number of amides is 1.